The molecule has 0 aromatic carbocycles. The number of unbranched alkanes of at least 4 members (excludes halogenated alkanes) is 15. The lowest BCUT2D eigenvalue weighted by Gasteiger charge is -2.21. The summed E-state index contributed by atoms with van der Waals surface area (Å²) in [6, 6.07) is 0. The minimum absolute atomic E-state index is 0.130. The molecule has 0 amide bonds. The average molecular weight is 487 g/mol. The molecule has 1 atom stereocenters. The smallest absolute Gasteiger partial charge is 0.336 e. The molecule has 0 radical (unpaired) electrons. The van der Waals surface area contributed by atoms with Gasteiger partial charge in [0, 0.05) is 6.92 Å². The lowest BCUT2D eigenvalue weighted by Crippen LogP contribution is -2.43. The van der Waals surface area contributed by atoms with E-state index in [2.05, 4.69) is 11.7 Å². The Bertz CT molecular complexity index is 589. The zero-order chi connectivity index (χ0) is 25.7. The van der Waals surface area contributed by atoms with E-state index < -0.39 is 42.3 Å². The van der Waals surface area contributed by atoms with Gasteiger partial charge in [-0.05, 0) is 6.42 Å². The minimum atomic E-state index is -2.67. The molecule has 0 fully saturated rings. The summed E-state index contributed by atoms with van der Waals surface area (Å²) in [6.45, 7) is 3.35. The minimum Gasteiger partial charge on any atom is -0.479 e. The van der Waals surface area contributed by atoms with E-state index in [1.165, 1.54) is 77.0 Å². The Morgan fingerprint density at radius 3 is 1.41 bits per heavy atom. The molecule has 2 N–H and O–H groups in total. The van der Waals surface area contributed by atoms with E-state index in [1.54, 1.807) is 0 Å². The van der Waals surface area contributed by atoms with Crippen molar-refractivity contribution in [2.75, 3.05) is 6.61 Å². The summed E-state index contributed by atoms with van der Waals surface area (Å²) in [7, 11) is 0. The molecule has 0 rings (SSSR count). The number of ether oxygens (including phenoxy) is 2. The topological polar surface area (TPSA) is 127 Å². The molecule has 0 aromatic rings. The first-order valence-electron chi connectivity index (χ1n) is 13.0. The van der Waals surface area contributed by atoms with Gasteiger partial charge in [-0.25, -0.2) is 4.79 Å². The van der Waals surface area contributed by atoms with Gasteiger partial charge >= 0.3 is 23.9 Å². The van der Waals surface area contributed by atoms with E-state index in [9.17, 15) is 24.3 Å². The molecule has 0 saturated carbocycles. The SMILES string of the molecule is CCCCCCCCCCCCCCCCCCOC(=O)CC(O)(CC(=O)OC(C)=O)C(=O)O. The molecule has 0 aliphatic rings. The number of hydrogen-bond donors (Lipinski definition) is 2. The van der Waals surface area contributed by atoms with Crippen LogP contribution in [-0.4, -0.2) is 46.3 Å². The van der Waals surface area contributed by atoms with E-state index in [4.69, 9.17) is 9.84 Å². The number of esters is 3. The van der Waals surface area contributed by atoms with Crippen LogP contribution in [0, 0.1) is 0 Å². The van der Waals surface area contributed by atoms with Gasteiger partial charge in [0.2, 0.25) is 0 Å². The van der Waals surface area contributed by atoms with E-state index in [0.717, 1.165) is 26.2 Å². The van der Waals surface area contributed by atoms with Crippen LogP contribution in [0.1, 0.15) is 129 Å². The van der Waals surface area contributed by atoms with Gasteiger partial charge in [-0.15, -0.1) is 0 Å². The van der Waals surface area contributed by atoms with E-state index in [-0.39, 0.29) is 6.61 Å². The molecule has 0 heterocycles. The van der Waals surface area contributed by atoms with Crippen LogP contribution in [0.25, 0.3) is 0 Å². The maximum absolute atomic E-state index is 11.9. The van der Waals surface area contributed by atoms with Crippen molar-refractivity contribution in [3.05, 3.63) is 0 Å². The fourth-order valence-corrected chi connectivity index (χ4v) is 3.77. The van der Waals surface area contributed by atoms with Gasteiger partial charge in [-0.2, -0.15) is 0 Å². The van der Waals surface area contributed by atoms with Crippen molar-refractivity contribution in [1.82, 2.24) is 0 Å². The first-order chi connectivity index (χ1) is 16.2. The molecular weight excluding hydrogens is 440 g/mol. The van der Waals surface area contributed by atoms with Crippen LogP contribution in [0.2, 0.25) is 0 Å². The van der Waals surface area contributed by atoms with Crippen molar-refractivity contribution >= 4 is 23.9 Å². The second-order valence-corrected chi connectivity index (χ2v) is 9.18. The molecule has 8 heteroatoms. The van der Waals surface area contributed by atoms with Crippen LogP contribution in [0.4, 0.5) is 0 Å². The van der Waals surface area contributed by atoms with Crippen molar-refractivity contribution in [3.8, 4) is 0 Å². The number of carboxylic acids is 1. The Morgan fingerprint density at radius 1 is 0.647 bits per heavy atom. The highest BCUT2D eigenvalue weighted by Crippen LogP contribution is 2.18. The average Bonchev–Trinajstić information content (AvgIpc) is 2.75. The van der Waals surface area contributed by atoms with Crippen molar-refractivity contribution in [2.45, 2.75) is 135 Å². The highest BCUT2D eigenvalue weighted by molar-refractivity contribution is 5.91. The second-order valence-electron chi connectivity index (χ2n) is 9.18. The summed E-state index contributed by atoms with van der Waals surface area (Å²) < 4.78 is 9.21. The summed E-state index contributed by atoms with van der Waals surface area (Å²) in [5.74, 6) is -4.82. The highest BCUT2D eigenvalue weighted by Gasteiger charge is 2.42. The predicted molar refractivity (Wildman–Crippen MR) is 129 cm³/mol. The van der Waals surface area contributed by atoms with E-state index in [1.807, 2.05) is 0 Å². The first-order valence-corrected chi connectivity index (χ1v) is 13.0. The molecule has 198 valence electrons. The summed E-state index contributed by atoms with van der Waals surface area (Å²) >= 11 is 0. The monoisotopic (exact) mass is 486 g/mol. The Labute approximate surface area is 204 Å². The third-order valence-corrected chi connectivity index (χ3v) is 5.79. The summed E-state index contributed by atoms with van der Waals surface area (Å²) in [4.78, 5) is 45.3. The van der Waals surface area contributed by atoms with Crippen LogP contribution in [0.15, 0.2) is 0 Å². The molecular formula is C26H46O8. The number of rotatable bonds is 22. The molecule has 0 bridgehead atoms. The molecule has 1 unspecified atom stereocenters. The molecule has 0 spiro atoms. The Balaban J connectivity index is 3.68. The molecule has 0 aromatic heterocycles. The first kappa shape index (κ1) is 32.0. The van der Waals surface area contributed by atoms with Gasteiger partial charge in [-0.1, -0.05) is 103 Å². The lowest BCUT2D eigenvalue weighted by atomic mass is 9.96. The van der Waals surface area contributed by atoms with Crippen molar-refractivity contribution in [3.63, 3.8) is 0 Å². The summed E-state index contributed by atoms with van der Waals surface area (Å²) in [5, 5.41) is 19.2. The third-order valence-electron chi connectivity index (χ3n) is 5.79. The van der Waals surface area contributed by atoms with Crippen molar-refractivity contribution in [2.24, 2.45) is 0 Å². The Hall–Kier alpha value is -1.96. The molecule has 8 nitrogen and oxygen atoms in total. The molecule has 0 saturated heterocycles. The number of hydrogen-bond acceptors (Lipinski definition) is 7. The van der Waals surface area contributed by atoms with Gasteiger partial charge in [0.1, 0.15) is 0 Å². The fourth-order valence-electron chi connectivity index (χ4n) is 3.77. The Kier molecular flexibility index (Phi) is 19.2. The molecule has 0 aliphatic carbocycles. The molecule has 34 heavy (non-hydrogen) atoms. The summed E-state index contributed by atoms with van der Waals surface area (Å²) in [5.41, 5.74) is -2.67. The fraction of sp³-hybridized carbons (Fsp3) is 0.846. The molecule has 0 aliphatic heterocycles. The highest BCUT2D eigenvalue weighted by atomic mass is 16.6. The van der Waals surface area contributed by atoms with Crippen LogP contribution < -0.4 is 0 Å². The number of carboxylic acid groups (broad SMARTS) is 1. The van der Waals surface area contributed by atoms with Crippen molar-refractivity contribution < 1.29 is 38.9 Å². The van der Waals surface area contributed by atoms with Gasteiger partial charge in [0.25, 0.3) is 0 Å². The quantitative estimate of drug-likeness (QED) is 0.117. The van der Waals surface area contributed by atoms with E-state index in [0.29, 0.717) is 6.42 Å². The normalized spacial score (nSPS) is 12.7. The second kappa shape index (κ2) is 20.4. The van der Waals surface area contributed by atoms with Crippen LogP contribution >= 0.6 is 0 Å². The maximum atomic E-state index is 11.9. The largest absolute Gasteiger partial charge is 0.479 e. The van der Waals surface area contributed by atoms with Crippen LogP contribution in [-0.2, 0) is 28.7 Å². The predicted octanol–water partition coefficient (Wildman–Crippen LogP) is 5.48. The number of aliphatic hydroxyl groups is 1. The van der Waals surface area contributed by atoms with Gasteiger partial charge < -0.3 is 19.7 Å². The van der Waals surface area contributed by atoms with Gasteiger partial charge in [0.05, 0.1) is 19.4 Å². The summed E-state index contributed by atoms with van der Waals surface area (Å²) in [6.07, 6.45) is 17.8. The maximum Gasteiger partial charge on any atom is 0.336 e. The standard InChI is InChI=1S/C26H46O8/c1-3-4-5-6-7-8-9-10-11-12-13-14-15-16-17-18-19-33-23(28)20-26(32,25(30)31)21-24(29)34-22(2)27/h32H,3-21H2,1-2H3,(H,30,31). The third kappa shape index (κ3) is 18.5. The van der Waals surface area contributed by atoms with Gasteiger partial charge in [0.15, 0.2) is 5.60 Å². The van der Waals surface area contributed by atoms with Crippen LogP contribution in [0.3, 0.4) is 0 Å². The lowest BCUT2D eigenvalue weighted by molar-refractivity contribution is -0.175. The van der Waals surface area contributed by atoms with Crippen LogP contribution in [0.5, 0.6) is 0 Å². The van der Waals surface area contributed by atoms with E-state index >= 15 is 0 Å². The number of carbonyl (C=O) groups excluding carboxylic acids is 3. The number of carbonyl (C=O) groups is 4. The zero-order valence-electron chi connectivity index (χ0n) is 21.3. The van der Waals surface area contributed by atoms with Crippen molar-refractivity contribution in [1.29, 1.82) is 0 Å². The number of aliphatic carboxylic acids is 1. The zero-order valence-corrected chi connectivity index (χ0v) is 21.3. The van der Waals surface area contributed by atoms with Gasteiger partial charge in [-0.3, -0.25) is 14.4 Å². The Morgan fingerprint density at radius 2 is 1.03 bits per heavy atom.